The van der Waals surface area contributed by atoms with Crippen molar-refractivity contribution in [3.63, 3.8) is 0 Å². The highest BCUT2D eigenvalue weighted by atomic mass is 16.2. The van der Waals surface area contributed by atoms with Crippen LogP contribution in [0.2, 0.25) is 0 Å². The Morgan fingerprint density at radius 1 is 1.31 bits per heavy atom. The van der Waals surface area contributed by atoms with Crippen LogP contribution < -0.4 is 10.6 Å². The molecule has 0 aromatic heterocycles. The van der Waals surface area contributed by atoms with Gasteiger partial charge in [0.15, 0.2) is 0 Å². The molecule has 1 aromatic rings. The summed E-state index contributed by atoms with van der Waals surface area (Å²) in [5, 5.41) is 6.05. The lowest BCUT2D eigenvalue weighted by Gasteiger charge is -2.10. The molecule has 2 N–H and O–H groups in total. The monoisotopic (exact) mass is 220 g/mol. The number of carbonyl (C=O) groups is 1. The minimum Gasteiger partial charge on any atom is -0.325 e. The summed E-state index contributed by atoms with van der Waals surface area (Å²) >= 11 is 0. The maximum atomic E-state index is 11.6. The van der Waals surface area contributed by atoms with Crippen molar-refractivity contribution < 1.29 is 4.79 Å². The van der Waals surface area contributed by atoms with Crippen molar-refractivity contribution in [3.05, 3.63) is 30.3 Å². The number of rotatable bonds is 2. The first-order valence-electron chi connectivity index (χ1n) is 5.95. The molecule has 1 aromatic carbocycles. The Bertz CT molecular complexity index is 305. The van der Waals surface area contributed by atoms with Gasteiger partial charge in [0.25, 0.3) is 0 Å². The Kier molecular flexibility index (Phi) is 5.57. The number of hydrogen-bond donors (Lipinski definition) is 2. The van der Waals surface area contributed by atoms with Crippen molar-refractivity contribution in [1.82, 2.24) is 5.32 Å². The molecule has 0 radical (unpaired) electrons. The highest BCUT2D eigenvalue weighted by Gasteiger charge is 2.21. The third-order valence-corrected chi connectivity index (χ3v) is 2.42. The van der Waals surface area contributed by atoms with Gasteiger partial charge in [0.1, 0.15) is 0 Å². The Labute approximate surface area is 97.2 Å². The Morgan fingerprint density at radius 2 is 2.00 bits per heavy atom. The summed E-state index contributed by atoms with van der Waals surface area (Å²) in [5.74, 6) is 0.0775. The Balaban J connectivity index is 0.000000606. The van der Waals surface area contributed by atoms with Gasteiger partial charge < -0.3 is 10.6 Å². The molecule has 0 aliphatic carbocycles. The molecular weight excluding hydrogens is 200 g/mol. The lowest BCUT2D eigenvalue weighted by Crippen LogP contribution is -2.35. The molecule has 0 saturated carbocycles. The van der Waals surface area contributed by atoms with Crippen LogP contribution in [0.5, 0.6) is 0 Å². The van der Waals surface area contributed by atoms with Crippen LogP contribution in [0.15, 0.2) is 30.3 Å². The van der Waals surface area contributed by atoms with Crippen molar-refractivity contribution in [2.75, 3.05) is 11.9 Å². The number of para-hydroxylation sites is 1. The molecule has 3 heteroatoms. The van der Waals surface area contributed by atoms with Gasteiger partial charge in [-0.2, -0.15) is 0 Å². The molecule has 1 aliphatic heterocycles. The van der Waals surface area contributed by atoms with E-state index in [-0.39, 0.29) is 11.9 Å². The van der Waals surface area contributed by atoms with E-state index in [4.69, 9.17) is 0 Å². The smallest absolute Gasteiger partial charge is 0.241 e. The van der Waals surface area contributed by atoms with Crippen LogP contribution in [0.4, 0.5) is 5.69 Å². The zero-order valence-corrected chi connectivity index (χ0v) is 9.99. The second-order valence-corrected chi connectivity index (χ2v) is 3.50. The molecule has 2 rings (SSSR count). The van der Waals surface area contributed by atoms with Gasteiger partial charge in [-0.3, -0.25) is 4.79 Å². The number of anilines is 1. The van der Waals surface area contributed by atoms with Crippen LogP contribution in [-0.2, 0) is 4.79 Å². The zero-order chi connectivity index (χ0) is 11.8. The van der Waals surface area contributed by atoms with E-state index in [9.17, 15) is 4.79 Å². The van der Waals surface area contributed by atoms with Gasteiger partial charge in [0.2, 0.25) is 5.91 Å². The third kappa shape index (κ3) is 3.66. The Morgan fingerprint density at radius 3 is 2.56 bits per heavy atom. The van der Waals surface area contributed by atoms with E-state index >= 15 is 0 Å². The van der Waals surface area contributed by atoms with Crippen molar-refractivity contribution in [2.45, 2.75) is 32.7 Å². The first kappa shape index (κ1) is 12.7. The molecule has 1 fully saturated rings. The second-order valence-electron chi connectivity index (χ2n) is 3.50. The van der Waals surface area contributed by atoms with Crippen LogP contribution in [-0.4, -0.2) is 18.5 Å². The maximum Gasteiger partial charge on any atom is 0.241 e. The molecule has 1 aliphatic rings. The van der Waals surface area contributed by atoms with E-state index in [2.05, 4.69) is 10.6 Å². The lowest BCUT2D eigenvalue weighted by atomic mass is 10.2. The minimum atomic E-state index is -0.00444. The van der Waals surface area contributed by atoms with E-state index < -0.39 is 0 Å². The maximum absolute atomic E-state index is 11.6. The predicted molar refractivity (Wildman–Crippen MR) is 67.4 cm³/mol. The predicted octanol–water partition coefficient (Wildman–Crippen LogP) is 2.40. The first-order chi connectivity index (χ1) is 7.86. The summed E-state index contributed by atoms with van der Waals surface area (Å²) < 4.78 is 0. The summed E-state index contributed by atoms with van der Waals surface area (Å²) in [5.41, 5.74) is 0.867. The summed E-state index contributed by atoms with van der Waals surface area (Å²) in [7, 11) is 0. The van der Waals surface area contributed by atoms with Crippen molar-refractivity contribution in [1.29, 1.82) is 0 Å². The highest BCUT2D eigenvalue weighted by molar-refractivity contribution is 5.94. The number of benzene rings is 1. The van der Waals surface area contributed by atoms with Crippen LogP contribution in [0, 0.1) is 0 Å². The Hall–Kier alpha value is -1.35. The van der Waals surface area contributed by atoms with E-state index in [0.29, 0.717) is 0 Å². The van der Waals surface area contributed by atoms with E-state index in [0.717, 1.165) is 25.1 Å². The molecule has 16 heavy (non-hydrogen) atoms. The molecule has 0 spiro atoms. The summed E-state index contributed by atoms with van der Waals surface area (Å²) in [4.78, 5) is 11.6. The van der Waals surface area contributed by atoms with E-state index in [1.54, 1.807) is 0 Å². The van der Waals surface area contributed by atoms with Crippen molar-refractivity contribution in [2.24, 2.45) is 0 Å². The molecule has 1 saturated heterocycles. The first-order valence-corrected chi connectivity index (χ1v) is 5.95. The molecule has 3 nitrogen and oxygen atoms in total. The van der Waals surface area contributed by atoms with Gasteiger partial charge in [-0.1, -0.05) is 32.0 Å². The van der Waals surface area contributed by atoms with Gasteiger partial charge in [-0.25, -0.2) is 0 Å². The molecular formula is C13H20N2O. The molecule has 1 heterocycles. The number of carbonyl (C=O) groups excluding carboxylic acids is 1. The molecule has 1 amide bonds. The fourth-order valence-electron chi connectivity index (χ4n) is 1.66. The standard InChI is InChI=1S/C11H14N2O.C2H6/c14-11(10-7-4-8-12-10)13-9-5-2-1-3-6-9;1-2/h1-3,5-6,10,12H,4,7-8H2,(H,13,14);1-2H3. The SMILES string of the molecule is CC.O=C(Nc1ccccc1)C1CCCN1. The molecule has 0 bridgehead atoms. The fraction of sp³-hybridized carbons (Fsp3) is 0.462. The van der Waals surface area contributed by atoms with Crippen molar-refractivity contribution >= 4 is 11.6 Å². The second kappa shape index (κ2) is 7.01. The molecule has 1 unspecified atom stereocenters. The van der Waals surface area contributed by atoms with Crippen LogP contribution >= 0.6 is 0 Å². The fourth-order valence-corrected chi connectivity index (χ4v) is 1.66. The zero-order valence-electron chi connectivity index (χ0n) is 9.99. The van der Waals surface area contributed by atoms with Gasteiger partial charge in [0.05, 0.1) is 6.04 Å². The number of nitrogens with one attached hydrogen (secondary N) is 2. The average molecular weight is 220 g/mol. The summed E-state index contributed by atoms with van der Waals surface area (Å²) in [6.07, 6.45) is 2.03. The molecule has 88 valence electrons. The number of amides is 1. The molecule has 1 atom stereocenters. The van der Waals surface area contributed by atoms with Crippen LogP contribution in [0.1, 0.15) is 26.7 Å². The van der Waals surface area contributed by atoms with Gasteiger partial charge in [-0.05, 0) is 31.5 Å². The highest BCUT2D eigenvalue weighted by Crippen LogP contribution is 2.10. The van der Waals surface area contributed by atoms with Gasteiger partial charge in [-0.15, -0.1) is 0 Å². The van der Waals surface area contributed by atoms with Gasteiger partial charge >= 0.3 is 0 Å². The summed E-state index contributed by atoms with van der Waals surface area (Å²) in [6, 6.07) is 9.55. The topological polar surface area (TPSA) is 41.1 Å². The van der Waals surface area contributed by atoms with Crippen molar-refractivity contribution in [3.8, 4) is 0 Å². The minimum absolute atomic E-state index is 0.00444. The summed E-state index contributed by atoms with van der Waals surface area (Å²) in [6.45, 7) is 4.95. The van der Waals surface area contributed by atoms with Crippen LogP contribution in [0.3, 0.4) is 0 Å². The third-order valence-electron chi connectivity index (χ3n) is 2.42. The van der Waals surface area contributed by atoms with Gasteiger partial charge in [0, 0.05) is 5.69 Å². The normalized spacial score (nSPS) is 18.5. The number of hydrogen-bond acceptors (Lipinski definition) is 2. The quantitative estimate of drug-likeness (QED) is 0.803. The lowest BCUT2D eigenvalue weighted by molar-refractivity contribution is -0.117. The average Bonchev–Trinajstić information content (AvgIpc) is 2.86. The van der Waals surface area contributed by atoms with Crippen LogP contribution in [0.25, 0.3) is 0 Å². The largest absolute Gasteiger partial charge is 0.325 e. The van der Waals surface area contributed by atoms with E-state index in [1.165, 1.54) is 0 Å². The van der Waals surface area contributed by atoms with E-state index in [1.807, 2.05) is 44.2 Å².